The average molecular weight is 292 g/mol. The Morgan fingerprint density at radius 3 is 2.60 bits per heavy atom. The molecular weight excluding hydrogens is 278 g/mol. The van der Waals surface area contributed by atoms with Crippen molar-refractivity contribution in [3.8, 4) is 11.1 Å². The van der Waals surface area contributed by atoms with Crippen LogP contribution in [0.2, 0.25) is 0 Å². The number of aryl methyl sites for hydroxylation is 1. The van der Waals surface area contributed by atoms with Crippen LogP contribution in [0, 0.1) is 6.92 Å². The fraction of sp³-hybridized carbons (Fsp3) is 0.0714. The molecule has 0 radical (unpaired) electrons. The third kappa shape index (κ3) is 3.80. The zero-order chi connectivity index (χ0) is 13.7. The maximum atomic E-state index is 11.2. The predicted octanol–water partition coefficient (Wildman–Crippen LogP) is 2.88. The van der Waals surface area contributed by atoms with E-state index in [0.29, 0.717) is 5.69 Å². The van der Waals surface area contributed by atoms with Crippen LogP contribution in [0.3, 0.4) is 0 Å². The van der Waals surface area contributed by atoms with Gasteiger partial charge in [0.15, 0.2) is 0 Å². The standard InChI is InChI=1S/C14H13N3O2.ClH/c1-10-8-12(17-14(18)9-16-19)2-3-13(10)11-4-6-15-7-5-11;/h2-9,19H,1H3,(H,17,18);1H. The van der Waals surface area contributed by atoms with Gasteiger partial charge in [-0.1, -0.05) is 11.2 Å². The number of nitrogens with one attached hydrogen (secondary N) is 1. The molecule has 0 aliphatic carbocycles. The van der Waals surface area contributed by atoms with Crippen LogP contribution in [0.25, 0.3) is 11.1 Å². The van der Waals surface area contributed by atoms with Crippen LogP contribution in [-0.4, -0.2) is 22.3 Å². The topological polar surface area (TPSA) is 74.6 Å². The zero-order valence-corrected chi connectivity index (χ0v) is 11.6. The number of halogens is 1. The van der Waals surface area contributed by atoms with Crippen LogP contribution in [0.1, 0.15) is 5.56 Å². The molecule has 0 aliphatic rings. The van der Waals surface area contributed by atoms with Crippen molar-refractivity contribution in [1.82, 2.24) is 4.98 Å². The van der Waals surface area contributed by atoms with Gasteiger partial charge in [-0.25, -0.2) is 0 Å². The highest BCUT2D eigenvalue weighted by Gasteiger charge is 2.04. The number of benzene rings is 1. The third-order valence-electron chi connectivity index (χ3n) is 2.66. The average Bonchev–Trinajstić information content (AvgIpc) is 2.40. The Labute approximate surface area is 122 Å². The molecule has 1 aromatic heterocycles. The van der Waals surface area contributed by atoms with Gasteiger partial charge >= 0.3 is 0 Å². The smallest absolute Gasteiger partial charge is 0.270 e. The first-order valence-corrected chi connectivity index (χ1v) is 5.70. The van der Waals surface area contributed by atoms with Gasteiger partial charge < -0.3 is 10.5 Å². The summed E-state index contributed by atoms with van der Waals surface area (Å²) < 4.78 is 0. The molecule has 5 nitrogen and oxygen atoms in total. The molecular formula is C14H14ClN3O2. The number of carbonyl (C=O) groups excluding carboxylic acids is 1. The minimum Gasteiger partial charge on any atom is -0.411 e. The number of carbonyl (C=O) groups is 1. The summed E-state index contributed by atoms with van der Waals surface area (Å²) >= 11 is 0. The Bertz CT molecular complexity index is 615. The molecule has 1 amide bonds. The molecule has 0 unspecified atom stereocenters. The Morgan fingerprint density at radius 1 is 1.30 bits per heavy atom. The monoisotopic (exact) mass is 291 g/mol. The number of hydrogen-bond acceptors (Lipinski definition) is 4. The van der Waals surface area contributed by atoms with Crippen LogP contribution in [0.5, 0.6) is 0 Å². The summed E-state index contributed by atoms with van der Waals surface area (Å²) in [6.07, 6.45) is 4.29. The first-order chi connectivity index (χ1) is 9.20. The van der Waals surface area contributed by atoms with Crippen LogP contribution in [0.4, 0.5) is 5.69 Å². The van der Waals surface area contributed by atoms with Gasteiger partial charge in [0.2, 0.25) is 0 Å². The van der Waals surface area contributed by atoms with E-state index in [2.05, 4.69) is 15.5 Å². The quantitative estimate of drug-likeness (QED) is 0.519. The highest BCUT2D eigenvalue weighted by Crippen LogP contribution is 2.25. The van der Waals surface area contributed by atoms with Crippen molar-refractivity contribution >= 4 is 30.2 Å². The van der Waals surface area contributed by atoms with Gasteiger partial charge in [0.25, 0.3) is 5.91 Å². The van der Waals surface area contributed by atoms with Crippen molar-refractivity contribution in [3.05, 3.63) is 48.3 Å². The molecule has 2 N–H and O–H groups in total. The van der Waals surface area contributed by atoms with E-state index in [1.54, 1.807) is 18.5 Å². The molecule has 0 fully saturated rings. The number of amides is 1. The van der Waals surface area contributed by atoms with E-state index in [1.165, 1.54) is 0 Å². The van der Waals surface area contributed by atoms with Crippen LogP contribution in [-0.2, 0) is 4.79 Å². The van der Waals surface area contributed by atoms with Crippen LogP contribution in [0.15, 0.2) is 47.9 Å². The first kappa shape index (κ1) is 15.7. The predicted molar refractivity (Wildman–Crippen MR) is 80.6 cm³/mol. The van der Waals surface area contributed by atoms with Gasteiger partial charge in [0, 0.05) is 18.1 Å². The Balaban J connectivity index is 0.00000200. The van der Waals surface area contributed by atoms with Crippen molar-refractivity contribution in [3.63, 3.8) is 0 Å². The molecule has 6 heteroatoms. The lowest BCUT2D eigenvalue weighted by Crippen LogP contribution is -2.12. The molecule has 1 aromatic carbocycles. The summed E-state index contributed by atoms with van der Waals surface area (Å²) in [7, 11) is 0. The number of pyridine rings is 1. The van der Waals surface area contributed by atoms with Crippen molar-refractivity contribution in [2.75, 3.05) is 5.32 Å². The first-order valence-electron chi connectivity index (χ1n) is 5.70. The minimum absolute atomic E-state index is 0. The number of aromatic nitrogens is 1. The number of rotatable bonds is 3. The summed E-state index contributed by atoms with van der Waals surface area (Å²) in [5.74, 6) is -0.474. The minimum atomic E-state index is -0.474. The maximum Gasteiger partial charge on any atom is 0.270 e. The van der Waals surface area contributed by atoms with Gasteiger partial charge in [0.1, 0.15) is 6.21 Å². The van der Waals surface area contributed by atoms with Gasteiger partial charge in [-0.15, -0.1) is 12.4 Å². The SMILES string of the molecule is Cc1cc(NC(=O)C=NO)ccc1-c1ccncc1.Cl. The van der Waals surface area contributed by atoms with Gasteiger partial charge in [-0.2, -0.15) is 0 Å². The summed E-state index contributed by atoms with van der Waals surface area (Å²) in [4.78, 5) is 15.2. The van der Waals surface area contributed by atoms with Crippen molar-refractivity contribution in [2.45, 2.75) is 6.92 Å². The lowest BCUT2D eigenvalue weighted by molar-refractivity contribution is -0.110. The molecule has 2 rings (SSSR count). The Hall–Kier alpha value is -2.40. The fourth-order valence-corrected chi connectivity index (χ4v) is 1.82. The molecule has 0 atom stereocenters. The molecule has 0 saturated carbocycles. The normalized spacial score (nSPS) is 10.1. The van der Waals surface area contributed by atoms with Gasteiger partial charge in [0.05, 0.1) is 0 Å². The van der Waals surface area contributed by atoms with Crippen LogP contribution < -0.4 is 5.32 Å². The Morgan fingerprint density at radius 2 is 2.00 bits per heavy atom. The molecule has 104 valence electrons. The summed E-state index contributed by atoms with van der Waals surface area (Å²) in [6, 6.07) is 9.44. The number of nitrogens with zero attached hydrogens (tertiary/aromatic N) is 2. The van der Waals surface area contributed by atoms with Crippen molar-refractivity contribution < 1.29 is 10.0 Å². The highest BCUT2D eigenvalue weighted by atomic mass is 35.5. The molecule has 0 spiro atoms. The lowest BCUT2D eigenvalue weighted by Gasteiger charge is -2.08. The van der Waals surface area contributed by atoms with E-state index >= 15 is 0 Å². The molecule has 2 aromatic rings. The maximum absolute atomic E-state index is 11.2. The van der Waals surface area contributed by atoms with Gasteiger partial charge in [-0.3, -0.25) is 9.78 Å². The highest BCUT2D eigenvalue weighted by molar-refractivity contribution is 6.31. The fourth-order valence-electron chi connectivity index (χ4n) is 1.82. The summed E-state index contributed by atoms with van der Waals surface area (Å²) in [5, 5.41) is 13.5. The number of hydrogen-bond donors (Lipinski definition) is 2. The van der Waals surface area contributed by atoms with E-state index < -0.39 is 5.91 Å². The molecule has 0 bridgehead atoms. The summed E-state index contributed by atoms with van der Waals surface area (Å²) in [5.41, 5.74) is 3.84. The molecule has 0 aliphatic heterocycles. The Kier molecular flexibility index (Phi) is 5.68. The van der Waals surface area contributed by atoms with E-state index in [9.17, 15) is 4.79 Å². The second-order valence-electron chi connectivity index (χ2n) is 4.00. The lowest BCUT2D eigenvalue weighted by atomic mass is 10.0. The van der Waals surface area contributed by atoms with E-state index in [0.717, 1.165) is 22.9 Å². The van der Waals surface area contributed by atoms with Crippen LogP contribution >= 0.6 is 12.4 Å². The number of anilines is 1. The molecule has 0 saturated heterocycles. The third-order valence-corrected chi connectivity index (χ3v) is 2.66. The van der Waals surface area contributed by atoms with Gasteiger partial charge in [-0.05, 0) is 47.9 Å². The van der Waals surface area contributed by atoms with E-state index in [1.807, 2.05) is 31.2 Å². The largest absolute Gasteiger partial charge is 0.411 e. The zero-order valence-electron chi connectivity index (χ0n) is 10.8. The summed E-state index contributed by atoms with van der Waals surface area (Å²) in [6.45, 7) is 1.96. The molecule has 1 heterocycles. The van der Waals surface area contributed by atoms with Crippen molar-refractivity contribution in [2.24, 2.45) is 5.16 Å². The van der Waals surface area contributed by atoms with E-state index in [4.69, 9.17) is 5.21 Å². The second kappa shape index (κ2) is 7.25. The molecule has 20 heavy (non-hydrogen) atoms. The van der Waals surface area contributed by atoms with E-state index in [-0.39, 0.29) is 12.4 Å². The van der Waals surface area contributed by atoms with Crippen molar-refractivity contribution in [1.29, 1.82) is 0 Å². The number of oxime groups is 1. The second-order valence-corrected chi connectivity index (χ2v) is 4.00.